The van der Waals surface area contributed by atoms with Crippen molar-refractivity contribution in [1.82, 2.24) is 19.8 Å². The number of anilines is 1. The Morgan fingerprint density at radius 2 is 1.86 bits per heavy atom. The Balaban J connectivity index is 1.46. The van der Waals surface area contributed by atoms with Crippen LogP contribution in [0.2, 0.25) is 0 Å². The summed E-state index contributed by atoms with van der Waals surface area (Å²) in [5.74, 6) is 0.589. The van der Waals surface area contributed by atoms with Crippen molar-refractivity contribution in [3.05, 3.63) is 70.5 Å². The van der Waals surface area contributed by atoms with Gasteiger partial charge in [0.1, 0.15) is 19.0 Å². The van der Waals surface area contributed by atoms with E-state index in [1.807, 2.05) is 56.3 Å². The van der Waals surface area contributed by atoms with E-state index in [1.54, 1.807) is 11.1 Å². The fraction of sp³-hybridized carbons (Fsp3) is 0.407. The molecule has 1 fully saturated rings. The topological polar surface area (TPSA) is 96.9 Å². The summed E-state index contributed by atoms with van der Waals surface area (Å²) < 4.78 is 11.8. The Morgan fingerprint density at radius 3 is 2.57 bits per heavy atom. The maximum atomic E-state index is 13.2. The number of hydrogen-bond acceptors (Lipinski definition) is 8. The Hall–Kier alpha value is -3.50. The number of amides is 2. The van der Waals surface area contributed by atoms with Crippen LogP contribution < -0.4 is 10.1 Å². The lowest BCUT2D eigenvalue weighted by molar-refractivity contribution is -0.114. The van der Waals surface area contributed by atoms with E-state index in [1.165, 1.54) is 18.3 Å². The number of nitrogens with one attached hydrogen (secondary N) is 1. The molecule has 2 amide bonds. The summed E-state index contributed by atoms with van der Waals surface area (Å²) in [5.41, 5.74) is 2.71. The zero-order valence-corrected chi connectivity index (χ0v) is 22.5. The first-order valence-electron chi connectivity index (χ1n) is 12.3. The number of pyridine rings is 1. The molecule has 2 aromatic heterocycles. The summed E-state index contributed by atoms with van der Waals surface area (Å²) in [6.45, 7) is 9.75. The van der Waals surface area contributed by atoms with Gasteiger partial charge in [-0.2, -0.15) is 0 Å². The highest BCUT2D eigenvalue weighted by molar-refractivity contribution is 7.15. The third-order valence-electron chi connectivity index (χ3n) is 6.10. The molecule has 196 valence electrons. The highest BCUT2D eigenvalue weighted by atomic mass is 32.1. The van der Waals surface area contributed by atoms with Gasteiger partial charge in [-0.15, -0.1) is 11.3 Å². The fourth-order valence-corrected chi connectivity index (χ4v) is 5.23. The highest BCUT2D eigenvalue weighted by Crippen LogP contribution is 2.25. The number of nitrogens with zero attached hydrogens (tertiary/aromatic N) is 4. The van der Waals surface area contributed by atoms with Gasteiger partial charge in [-0.05, 0) is 26.3 Å². The van der Waals surface area contributed by atoms with Crippen LogP contribution in [0.25, 0.3) is 0 Å². The number of carbonyl (C=O) groups is 2. The zero-order chi connectivity index (χ0) is 26.4. The average Bonchev–Trinajstić information content (AvgIpc) is 3.28. The lowest BCUT2D eigenvalue weighted by Crippen LogP contribution is -2.60. The van der Waals surface area contributed by atoms with Crippen LogP contribution in [-0.2, 0) is 22.7 Å². The van der Waals surface area contributed by atoms with Crippen molar-refractivity contribution in [3.8, 4) is 5.75 Å². The van der Waals surface area contributed by atoms with E-state index < -0.39 is 0 Å². The van der Waals surface area contributed by atoms with Crippen molar-refractivity contribution in [3.63, 3.8) is 0 Å². The van der Waals surface area contributed by atoms with Crippen molar-refractivity contribution in [2.45, 2.75) is 52.9 Å². The molecular formula is C27H33N5O4S. The van der Waals surface area contributed by atoms with Crippen LogP contribution in [0, 0.1) is 13.8 Å². The molecule has 10 heteroatoms. The monoisotopic (exact) mass is 523 g/mol. The van der Waals surface area contributed by atoms with E-state index in [4.69, 9.17) is 9.47 Å². The zero-order valence-electron chi connectivity index (χ0n) is 21.6. The molecule has 3 aromatic rings. The molecule has 0 spiro atoms. The number of thiazole rings is 1. The number of benzene rings is 1. The van der Waals surface area contributed by atoms with E-state index in [2.05, 4.69) is 27.1 Å². The van der Waals surface area contributed by atoms with Crippen LogP contribution in [-0.4, -0.2) is 63.5 Å². The van der Waals surface area contributed by atoms with Crippen LogP contribution in [0.1, 0.15) is 35.7 Å². The fourth-order valence-electron chi connectivity index (χ4n) is 4.35. The van der Waals surface area contributed by atoms with Gasteiger partial charge in [-0.25, -0.2) is 9.78 Å². The van der Waals surface area contributed by atoms with Crippen LogP contribution in [0.4, 0.5) is 9.93 Å². The first kappa shape index (κ1) is 26.6. The van der Waals surface area contributed by atoms with E-state index >= 15 is 0 Å². The first-order chi connectivity index (χ1) is 17.8. The molecule has 3 heterocycles. The molecule has 1 saturated heterocycles. The normalized spacial score (nSPS) is 17.9. The number of aromatic nitrogens is 2. The third kappa shape index (κ3) is 7.50. The second kappa shape index (κ2) is 12.2. The Labute approximate surface area is 221 Å². The number of ether oxygens (including phenoxy) is 2. The smallest absolute Gasteiger partial charge is 0.410 e. The molecule has 0 bridgehead atoms. The maximum absolute atomic E-state index is 13.2. The van der Waals surface area contributed by atoms with Crippen molar-refractivity contribution >= 4 is 28.5 Å². The summed E-state index contributed by atoms with van der Waals surface area (Å²) in [6.07, 6.45) is 1.44. The van der Waals surface area contributed by atoms with Crippen molar-refractivity contribution in [2.24, 2.45) is 0 Å². The predicted octanol–water partition coefficient (Wildman–Crippen LogP) is 4.40. The van der Waals surface area contributed by atoms with E-state index in [0.29, 0.717) is 31.4 Å². The molecule has 0 radical (unpaired) electrons. The summed E-state index contributed by atoms with van der Waals surface area (Å²) >= 11 is 1.46. The minimum atomic E-state index is -0.350. The molecule has 9 nitrogen and oxygen atoms in total. The van der Waals surface area contributed by atoms with Gasteiger partial charge in [-0.1, -0.05) is 30.3 Å². The lowest BCUT2D eigenvalue weighted by Gasteiger charge is -2.44. The van der Waals surface area contributed by atoms with Gasteiger partial charge >= 0.3 is 6.09 Å². The van der Waals surface area contributed by atoms with Gasteiger partial charge in [0.25, 0.3) is 0 Å². The first-order valence-corrected chi connectivity index (χ1v) is 13.1. The Morgan fingerprint density at radius 1 is 1.14 bits per heavy atom. The molecule has 1 aromatic carbocycles. The molecule has 0 aliphatic carbocycles. The summed E-state index contributed by atoms with van der Waals surface area (Å²) in [4.78, 5) is 38.4. The molecule has 1 aliphatic rings. The quantitative estimate of drug-likeness (QED) is 0.467. The molecule has 1 N–H and O–H groups in total. The van der Waals surface area contributed by atoms with Crippen molar-refractivity contribution in [2.75, 3.05) is 25.0 Å². The van der Waals surface area contributed by atoms with E-state index in [-0.39, 0.29) is 30.7 Å². The largest absolute Gasteiger partial charge is 0.491 e. The highest BCUT2D eigenvalue weighted by Gasteiger charge is 2.36. The molecule has 1 unspecified atom stereocenters. The van der Waals surface area contributed by atoms with Gasteiger partial charge < -0.3 is 14.8 Å². The number of carbonyl (C=O) groups excluding carboxylic acids is 2. The van der Waals surface area contributed by atoms with E-state index in [0.717, 1.165) is 27.6 Å². The maximum Gasteiger partial charge on any atom is 0.410 e. The van der Waals surface area contributed by atoms with Crippen LogP contribution in [0.15, 0.2) is 48.7 Å². The molecule has 1 aliphatic heterocycles. The lowest BCUT2D eigenvalue weighted by atomic mass is 10.1. The minimum absolute atomic E-state index is 0.0947. The van der Waals surface area contributed by atoms with Crippen LogP contribution in [0.5, 0.6) is 5.75 Å². The number of aryl methyl sites for hydroxylation is 2. The summed E-state index contributed by atoms with van der Waals surface area (Å²) in [5, 5.41) is 3.32. The van der Waals surface area contributed by atoms with Gasteiger partial charge in [0.05, 0.1) is 6.04 Å². The Bertz CT molecular complexity index is 1200. The van der Waals surface area contributed by atoms with Crippen LogP contribution in [0.3, 0.4) is 0 Å². The molecule has 2 atom stereocenters. The second-order valence-corrected chi connectivity index (χ2v) is 10.4. The van der Waals surface area contributed by atoms with Crippen molar-refractivity contribution in [1.29, 1.82) is 0 Å². The molecule has 0 saturated carbocycles. The van der Waals surface area contributed by atoms with Crippen LogP contribution >= 0.6 is 11.3 Å². The molecule has 37 heavy (non-hydrogen) atoms. The predicted molar refractivity (Wildman–Crippen MR) is 143 cm³/mol. The van der Waals surface area contributed by atoms with Crippen molar-refractivity contribution < 1.29 is 19.1 Å². The standard InChI is InChI=1S/C27H33N5O4S/c1-18-10-24(11-19(2)29-18)35-17-23-14-31(15-25-12-28-26(37-25)30-21(4)33)20(3)13-32(23)27(34)36-16-22-8-6-5-7-9-22/h5-12,20,23H,13-17H2,1-4H3,(H,28,30,33)/t20-,23?/m0/s1. The second-order valence-electron chi connectivity index (χ2n) is 9.33. The Kier molecular flexibility index (Phi) is 8.73. The van der Waals surface area contributed by atoms with Gasteiger partial charge in [-0.3, -0.25) is 19.6 Å². The van der Waals surface area contributed by atoms with Gasteiger partial charge in [0.15, 0.2) is 5.13 Å². The molecular weight excluding hydrogens is 490 g/mol. The molecule has 4 rings (SSSR count). The summed E-state index contributed by atoms with van der Waals surface area (Å²) in [7, 11) is 0. The number of rotatable bonds is 8. The van der Waals surface area contributed by atoms with E-state index in [9.17, 15) is 9.59 Å². The third-order valence-corrected chi connectivity index (χ3v) is 7.00. The average molecular weight is 524 g/mol. The van der Waals surface area contributed by atoms with Gasteiger partial charge in [0, 0.05) is 67.2 Å². The van der Waals surface area contributed by atoms with Gasteiger partial charge in [0.2, 0.25) is 5.91 Å². The minimum Gasteiger partial charge on any atom is -0.491 e. The number of piperazine rings is 1. The summed E-state index contributed by atoms with van der Waals surface area (Å²) in [6, 6.07) is 13.3. The SMILES string of the molecule is CC(=O)Nc1ncc(CN2CC(COc3cc(C)nc(C)c3)N(C(=O)OCc3ccccc3)C[C@@H]2C)s1. The number of hydrogen-bond donors (Lipinski definition) is 1.